The van der Waals surface area contributed by atoms with Gasteiger partial charge in [-0.15, -0.1) is 0 Å². The van der Waals surface area contributed by atoms with Crippen LogP contribution in [0.1, 0.15) is 50.7 Å². The first-order valence-corrected chi connectivity index (χ1v) is 10.6. The molecule has 31 heavy (non-hydrogen) atoms. The van der Waals surface area contributed by atoms with Crippen molar-refractivity contribution in [1.82, 2.24) is 0 Å². The summed E-state index contributed by atoms with van der Waals surface area (Å²) in [6.45, 7) is 4.59. The molecule has 1 aliphatic rings. The molecule has 2 aromatic carbocycles. The molecule has 1 aliphatic carbocycles. The molecule has 7 heteroatoms. The van der Waals surface area contributed by atoms with Gasteiger partial charge >= 0.3 is 17.1 Å². The van der Waals surface area contributed by atoms with Crippen molar-refractivity contribution in [3.05, 3.63) is 47.5 Å². The molecule has 0 N–H and O–H groups in total. The summed E-state index contributed by atoms with van der Waals surface area (Å²) in [7, 11) is 0. The van der Waals surface area contributed by atoms with Crippen molar-refractivity contribution in [3.8, 4) is 23.0 Å². The Morgan fingerprint density at radius 3 is 1.61 bits per heavy atom. The van der Waals surface area contributed by atoms with Gasteiger partial charge in [-0.2, -0.15) is 0 Å². The van der Waals surface area contributed by atoms with E-state index in [1.807, 2.05) is 13.8 Å². The summed E-state index contributed by atoms with van der Waals surface area (Å²) in [6.07, 6.45) is 7.23. The smallest absolute Gasteiger partial charge is 0.870 e. The van der Waals surface area contributed by atoms with Crippen molar-refractivity contribution in [2.45, 2.75) is 51.6 Å². The van der Waals surface area contributed by atoms with Crippen LogP contribution in [0.2, 0.25) is 0 Å². The summed E-state index contributed by atoms with van der Waals surface area (Å²) in [5.41, 5.74) is 1.03. The van der Waals surface area contributed by atoms with E-state index in [4.69, 9.17) is 9.47 Å². The fourth-order valence-corrected chi connectivity index (χ4v) is 3.60. The van der Waals surface area contributed by atoms with Crippen molar-refractivity contribution in [3.63, 3.8) is 0 Å². The summed E-state index contributed by atoms with van der Waals surface area (Å²) in [4.78, 5) is 9.36. The van der Waals surface area contributed by atoms with Gasteiger partial charge in [-0.25, -0.2) is 0 Å². The number of hydrogen-bond donors (Lipinski definition) is 0. The number of ether oxygens (including phenoxy) is 2. The van der Waals surface area contributed by atoms with E-state index in [1.165, 1.54) is 0 Å². The van der Waals surface area contributed by atoms with Gasteiger partial charge in [-0.1, -0.05) is 48.6 Å². The van der Waals surface area contributed by atoms with Crippen molar-refractivity contribution < 1.29 is 36.8 Å². The first kappa shape index (κ1) is 24.8. The summed E-state index contributed by atoms with van der Waals surface area (Å²) in [5.74, 6) is 0.388. The van der Waals surface area contributed by atoms with Crippen LogP contribution in [0.15, 0.2) is 46.4 Å². The van der Waals surface area contributed by atoms with Gasteiger partial charge in [-0.3, -0.25) is 9.98 Å². The Hall–Kier alpha value is -2.50. The molecule has 0 spiro atoms. The Labute approximate surface area is 194 Å². The molecule has 0 bridgehead atoms. The standard InChI is InChI=1S/C24H30N2O4.Cu/c1-3-29-21-13-7-9-17(23(21)27)15-25-19-11-5-6-12-20(19)26-16-18-10-8-14-22(24(18)28)30-4-2;/h7-10,13-16,19-20,27-28H,3-6,11-12H2,1-2H3;/q;+2/p-2/t19-,20-;/m1./s1. The minimum atomic E-state index is -0.150. The number of hydrogen-bond acceptors (Lipinski definition) is 6. The Morgan fingerprint density at radius 1 is 0.806 bits per heavy atom. The number of benzene rings is 2. The van der Waals surface area contributed by atoms with Crippen molar-refractivity contribution in [2.24, 2.45) is 9.98 Å². The molecule has 2 atom stereocenters. The summed E-state index contributed by atoms with van der Waals surface area (Å²) in [6, 6.07) is 10.4. The second-order valence-corrected chi connectivity index (χ2v) is 7.19. The minimum absolute atomic E-state index is 0. The van der Waals surface area contributed by atoms with Gasteiger partial charge in [0.05, 0.1) is 25.3 Å². The molecule has 3 rings (SSSR count). The predicted molar refractivity (Wildman–Crippen MR) is 115 cm³/mol. The van der Waals surface area contributed by atoms with E-state index in [0.717, 1.165) is 25.7 Å². The molecule has 0 aliphatic heterocycles. The van der Waals surface area contributed by atoms with E-state index >= 15 is 0 Å². The maximum Gasteiger partial charge on any atom is 2.00 e. The molecule has 2 aromatic rings. The first-order valence-electron chi connectivity index (χ1n) is 10.6. The SMILES string of the molecule is CCOc1cccc(C=N[C@@H]2CCCC[C@H]2N=Cc2cccc(OCC)c2[O-])c1[O-].[Cu+2]. The van der Waals surface area contributed by atoms with E-state index < -0.39 is 0 Å². The zero-order valence-electron chi connectivity index (χ0n) is 17.8. The zero-order valence-corrected chi connectivity index (χ0v) is 18.8. The number of aliphatic imine (C=N–C) groups is 2. The molecule has 0 aromatic heterocycles. The molecule has 1 radical (unpaired) electrons. The Morgan fingerprint density at radius 2 is 1.23 bits per heavy atom. The van der Waals surface area contributed by atoms with Crippen molar-refractivity contribution >= 4 is 12.4 Å². The molecule has 0 unspecified atom stereocenters. The van der Waals surface area contributed by atoms with E-state index in [2.05, 4.69) is 9.98 Å². The fourth-order valence-electron chi connectivity index (χ4n) is 3.60. The van der Waals surface area contributed by atoms with Gasteiger partial charge in [0, 0.05) is 12.4 Å². The fraction of sp³-hybridized carbons (Fsp3) is 0.417. The maximum absolute atomic E-state index is 12.5. The van der Waals surface area contributed by atoms with E-state index in [-0.39, 0.29) is 40.7 Å². The maximum atomic E-state index is 12.5. The monoisotopic (exact) mass is 471 g/mol. The van der Waals surface area contributed by atoms with Crippen LogP contribution in [0, 0.1) is 0 Å². The predicted octanol–water partition coefficient (Wildman–Crippen LogP) is 3.48. The van der Waals surface area contributed by atoms with Crippen LogP contribution in [0.3, 0.4) is 0 Å². The van der Waals surface area contributed by atoms with Crippen LogP contribution in [0.5, 0.6) is 23.0 Å². The molecule has 0 amide bonds. The van der Waals surface area contributed by atoms with Gasteiger partial charge < -0.3 is 19.7 Å². The molecular weight excluding hydrogens is 444 g/mol. The largest absolute Gasteiger partial charge is 2.00 e. The third-order valence-corrected chi connectivity index (χ3v) is 5.12. The summed E-state index contributed by atoms with van der Waals surface area (Å²) in [5, 5.41) is 24.9. The molecular formula is C24H28CuN2O4. The van der Waals surface area contributed by atoms with Crippen LogP contribution in [0.4, 0.5) is 0 Å². The van der Waals surface area contributed by atoms with Crippen LogP contribution < -0.4 is 19.7 Å². The average molecular weight is 472 g/mol. The van der Waals surface area contributed by atoms with Crippen LogP contribution in [0.25, 0.3) is 0 Å². The van der Waals surface area contributed by atoms with Crippen LogP contribution in [-0.2, 0) is 17.1 Å². The van der Waals surface area contributed by atoms with E-state index in [0.29, 0.717) is 35.8 Å². The molecule has 6 nitrogen and oxygen atoms in total. The average Bonchev–Trinajstić information content (AvgIpc) is 2.76. The third kappa shape index (κ3) is 6.49. The molecule has 0 heterocycles. The second-order valence-electron chi connectivity index (χ2n) is 7.19. The molecule has 1 fully saturated rings. The quantitative estimate of drug-likeness (QED) is 0.435. The molecule has 1 saturated carbocycles. The van der Waals surface area contributed by atoms with Crippen LogP contribution in [-0.4, -0.2) is 37.7 Å². The minimum Gasteiger partial charge on any atom is -0.870 e. The number of para-hydroxylation sites is 2. The van der Waals surface area contributed by atoms with E-state index in [1.54, 1.807) is 48.8 Å². The Balaban J connectivity index is 0.00000341. The Kier molecular flexibility index (Phi) is 9.89. The van der Waals surface area contributed by atoms with Gasteiger partial charge in [-0.05, 0) is 49.9 Å². The van der Waals surface area contributed by atoms with Crippen LogP contribution >= 0.6 is 0 Å². The topological polar surface area (TPSA) is 89.3 Å². The summed E-state index contributed by atoms with van der Waals surface area (Å²) < 4.78 is 10.8. The van der Waals surface area contributed by atoms with Gasteiger partial charge in [0.15, 0.2) is 0 Å². The molecule has 169 valence electrons. The van der Waals surface area contributed by atoms with Gasteiger partial charge in [0.2, 0.25) is 0 Å². The van der Waals surface area contributed by atoms with Crippen molar-refractivity contribution in [1.29, 1.82) is 0 Å². The normalized spacial score (nSPS) is 18.8. The van der Waals surface area contributed by atoms with E-state index in [9.17, 15) is 10.2 Å². The second kappa shape index (κ2) is 12.4. The van der Waals surface area contributed by atoms with Crippen molar-refractivity contribution in [2.75, 3.05) is 13.2 Å². The van der Waals surface area contributed by atoms with Gasteiger partial charge in [0.1, 0.15) is 11.5 Å². The van der Waals surface area contributed by atoms with Gasteiger partial charge in [0.25, 0.3) is 0 Å². The Bertz CT molecular complexity index is 828. The third-order valence-electron chi connectivity index (χ3n) is 5.12. The number of rotatable bonds is 8. The zero-order chi connectivity index (χ0) is 21.3. The first-order chi connectivity index (χ1) is 14.6. The molecule has 0 saturated heterocycles. The number of nitrogens with zero attached hydrogens (tertiary/aromatic N) is 2. The summed E-state index contributed by atoms with van der Waals surface area (Å²) >= 11 is 0.